The van der Waals surface area contributed by atoms with Crippen LogP contribution in [0.15, 0.2) is 49.3 Å². The zero-order valence-corrected chi connectivity index (χ0v) is 21.8. The number of nitrogens with zero attached hydrogens (tertiary/aromatic N) is 5. The van der Waals surface area contributed by atoms with Crippen molar-refractivity contribution in [2.45, 2.75) is 44.7 Å². The van der Waals surface area contributed by atoms with E-state index in [1.807, 2.05) is 22.6 Å². The van der Waals surface area contributed by atoms with Gasteiger partial charge in [-0.3, -0.25) is 9.69 Å². The molecule has 7 nitrogen and oxygen atoms in total. The molecule has 2 aromatic carbocycles. The van der Waals surface area contributed by atoms with E-state index in [1.54, 1.807) is 6.33 Å². The van der Waals surface area contributed by atoms with E-state index in [0.29, 0.717) is 19.8 Å². The Hall–Kier alpha value is -3.29. The number of anilines is 1. The molecule has 1 atom stereocenters. The van der Waals surface area contributed by atoms with Crippen LogP contribution in [0.4, 0.5) is 5.69 Å². The molecule has 2 fully saturated rings. The Morgan fingerprint density at radius 1 is 1.22 bits per heavy atom. The molecule has 7 heteroatoms. The Balaban J connectivity index is 1.26. The number of benzene rings is 2. The van der Waals surface area contributed by atoms with Crippen molar-refractivity contribution in [3.05, 3.63) is 82.9 Å². The predicted octanol–water partition coefficient (Wildman–Crippen LogP) is 4.36. The van der Waals surface area contributed by atoms with Gasteiger partial charge in [0.25, 0.3) is 5.91 Å². The van der Waals surface area contributed by atoms with Crippen LogP contribution < -0.4 is 4.90 Å². The molecule has 3 aliphatic rings. The highest BCUT2D eigenvalue weighted by Crippen LogP contribution is 2.39. The van der Waals surface area contributed by atoms with Crippen molar-refractivity contribution in [1.29, 1.82) is 0 Å². The van der Waals surface area contributed by atoms with Crippen molar-refractivity contribution in [2.24, 2.45) is 13.0 Å². The zero-order valence-electron chi connectivity index (χ0n) is 21.8. The topological polar surface area (TPSA) is 63.5 Å². The molecule has 192 valence electrons. The fraction of sp³-hybridized carbons (Fsp3) is 0.433. The van der Waals surface area contributed by atoms with Crippen LogP contribution in [-0.4, -0.2) is 51.9 Å². The van der Waals surface area contributed by atoms with Crippen LogP contribution in [0.2, 0.25) is 0 Å². The summed E-state index contributed by atoms with van der Waals surface area (Å²) in [5.41, 5.74) is 6.05. The van der Waals surface area contributed by atoms with Gasteiger partial charge in [-0.2, -0.15) is 0 Å². The van der Waals surface area contributed by atoms with Crippen LogP contribution >= 0.6 is 0 Å². The third kappa shape index (κ3) is 4.51. The van der Waals surface area contributed by atoms with Crippen molar-refractivity contribution in [3.63, 3.8) is 0 Å². The average Bonchev–Trinajstić information content (AvgIpc) is 3.43. The molecule has 6 rings (SSSR count). The number of carbonyl (C=O) groups is 1. The largest absolute Gasteiger partial charge is 0.379 e. The Kier molecular flexibility index (Phi) is 6.21. The van der Waals surface area contributed by atoms with Crippen molar-refractivity contribution in [2.75, 3.05) is 31.2 Å². The molecule has 0 N–H and O–H groups in total. The van der Waals surface area contributed by atoms with E-state index in [1.165, 1.54) is 18.4 Å². The molecule has 3 aliphatic heterocycles. The van der Waals surface area contributed by atoms with Crippen LogP contribution in [0.5, 0.6) is 0 Å². The number of aromatic nitrogens is 3. The number of aryl methyl sites for hydroxylation is 1. The number of hydrogen-bond donors (Lipinski definition) is 0. The first-order chi connectivity index (χ1) is 17.9. The maximum atomic E-state index is 13.7. The second-order valence-corrected chi connectivity index (χ2v) is 11.2. The molecular formula is C30H35N5O2. The Labute approximate surface area is 218 Å². The van der Waals surface area contributed by atoms with Crippen LogP contribution in [-0.2, 0) is 36.7 Å². The molecule has 3 aromatic rings. The molecule has 1 aromatic heterocycles. The van der Waals surface area contributed by atoms with Crippen LogP contribution in [0, 0.1) is 5.92 Å². The summed E-state index contributed by atoms with van der Waals surface area (Å²) in [5.74, 6) is 1.72. The number of hydrogen-bond acceptors (Lipinski definition) is 5. The Bertz CT molecular complexity index is 1340. The van der Waals surface area contributed by atoms with E-state index in [2.05, 4.69) is 65.0 Å². The first-order valence-corrected chi connectivity index (χ1v) is 13.3. The number of amides is 1. The summed E-state index contributed by atoms with van der Waals surface area (Å²) >= 11 is 0. The van der Waals surface area contributed by atoms with E-state index in [-0.39, 0.29) is 11.3 Å². The number of fused-ring (bicyclic) bond motifs is 1. The summed E-state index contributed by atoms with van der Waals surface area (Å²) < 4.78 is 7.61. The first kappa shape index (κ1) is 24.1. The normalized spacial score (nSPS) is 21.1. The van der Waals surface area contributed by atoms with Gasteiger partial charge in [-0.15, -0.1) is 10.2 Å². The zero-order chi connectivity index (χ0) is 25.6. The van der Waals surface area contributed by atoms with Gasteiger partial charge in [-0.05, 0) is 65.8 Å². The maximum absolute atomic E-state index is 13.7. The third-order valence-electron chi connectivity index (χ3n) is 8.28. The molecule has 0 aliphatic carbocycles. The molecule has 37 heavy (non-hydrogen) atoms. The van der Waals surface area contributed by atoms with Gasteiger partial charge in [-0.1, -0.05) is 37.8 Å². The van der Waals surface area contributed by atoms with Gasteiger partial charge < -0.3 is 14.2 Å². The van der Waals surface area contributed by atoms with Crippen molar-refractivity contribution < 1.29 is 9.53 Å². The summed E-state index contributed by atoms with van der Waals surface area (Å²) in [6.45, 7) is 11.3. The minimum atomic E-state index is -0.176. The van der Waals surface area contributed by atoms with E-state index < -0.39 is 0 Å². The molecule has 1 amide bonds. The summed E-state index contributed by atoms with van der Waals surface area (Å²) in [5, 5.41) is 8.32. The lowest BCUT2D eigenvalue weighted by Gasteiger charge is -2.41. The first-order valence-electron chi connectivity index (χ1n) is 13.3. The van der Waals surface area contributed by atoms with Gasteiger partial charge in [0.2, 0.25) is 0 Å². The lowest BCUT2D eigenvalue weighted by Crippen LogP contribution is -2.49. The quantitative estimate of drug-likeness (QED) is 0.485. The molecule has 4 heterocycles. The average molecular weight is 498 g/mol. The maximum Gasteiger partial charge on any atom is 0.258 e. The van der Waals surface area contributed by atoms with Crippen LogP contribution in [0.1, 0.15) is 58.2 Å². The minimum Gasteiger partial charge on any atom is -0.379 e. The van der Waals surface area contributed by atoms with Crippen LogP contribution in [0.25, 0.3) is 6.08 Å². The van der Waals surface area contributed by atoms with Crippen molar-refractivity contribution >= 4 is 17.7 Å². The van der Waals surface area contributed by atoms with Gasteiger partial charge in [0.1, 0.15) is 12.2 Å². The summed E-state index contributed by atoms with van der Waals surface area (Å²) in [6.07, 6.45) is 6.90. The van der Waals surface area contributed by atoms with Gasteiger partial charge in [0, 0.05) is 43.2 Å². The van der Waals surface area contributed by atoms with Crippen molar-refractivity contribution in [1.82, 2.24) is 19.7 Å². The minimum absolute atomic E-state index is 0.0599. The standard InChI is InChI=1S/C30H35N5O2/c1-4-22-10-23(16-34-9-5-6-21(2)15-34)12-26(11-22)35-17-24-7-8-25(13-27(24)29(35)36)30(18-37-19-30)14-28-32-31-20-33(28)3/h4,7-8,10-13,20-21H,1,5-6,9,14-19H2,2-3H3/t21-/m0/s1. The van der Waals surface area contributed by atoms with Gasteiger partial charge in [0.05, 0.1) is 19.8 Å². The molecule has 0 spiro atoms. The monoisotopic (exact) mass is 497 g/mol. The Morgan fingerprint density at radius 3 is 2.78 bits per heavy atom. The molecular weight excluding hydrogens is 462 g/mol. The fourth-order valence-electron chi connectivity index (χ4n) is 6.08. The molecule has 0 radical (unpaired) electrons. The van der Waals surface area contributed by atoms with Crippen molar-refractivity contribution in [3.8, 4) is 0 Å². The van der Waals surface area contributed by atoms with E-state index in [4.69, 9.17) is 4.74 Å². The van der Waals surface area contributed by atoms with Gasteiger partial charge in [-0.25, -0.2) is 0 Å². The molecule has 0 unspecified atom stereocenters. The second kappa shape index (κ2) is 9.54. The molecule has 2 saturated heterocycles. The van der Waals surface area contributed by atoms with E-state index >= 15 is 0 Å². The Morgan fingerprint density at radius 2 is 2.08 bits per heavy atom. The van der Waals surface area contributed by atoms with E-state index in [9.17, 15) is 4.79 Å². The highest BCUT2D eigenvalue weighted by atomic mass is 16.5. The highest BCUT2D eigenvalue weighted by molar-refractivity contribution is 6.10. The summed E-state index contributed by atoms with van der Waals surface area (Å²) in [7, 11) is 1.96. The number of ether oxygens (including phenoxy) is 1. The third-order valence-corrected chi connectivity index (χ3v) is 8.28. The van der Waals surface area contributed by atoms with Gasteiger partial charge >= 0.3 is 0 Å². The lowest BCUT2D eigenvalue weighted by atomic mass is 9.75. The van der Waals surface area contributed by atoms with E-state index in [0.717, 1.165) is 65.7 Å². The molecule has 0 saturated carbocycles. The number of rotatable bonds is 7. The summed E-state index contributed by atoms with van der Waals surface area (Å²) in [4.78, 5) is 18.2. The lowest BCUT2D eigenvalue weighted by molar-refractivity contribution is -0.0611. The second-order valence-electron chi connectivity index (χ2n) is 11.2. The van der Waals surface area contributed by atoms with Crippen LogP contribution in [0.3, 0.4) is 0 Å². The summed E-state index contributed by atoms with van der Waals surface area (Å²) in [6, 6.07) is 12.8. The fourth-order valence-corrected chi connectivity index (χ4v) is 6.08. The van der Waals surface area contributed by atoms with Gasteiger partial charge in [0.15, 0.2) is 0 Å². The highest BCUT2D eigenvalue weighted by Gasteiger charge is 2.43. The molecule has 0 bridgehead atoms. The number of likely N-dealkylation sites (tertiary alicyclic amines) is 1. The number of piperidine rings is 1. The SMILES string of the molecule is C=Cc1cc(CN2CCC[C@H](C)C2)cc(N2Cc3ccc(C4(Cc5nncn5C)COC4)cc3C2=O)c1. The smallest absolute Gasteiger partial charge is 0.258 e. The number of carbonyl (C=O) groups excluding carboxylic acids is 1. The predicted molar refractivity (Wildman–Crippen MR) is 144 cm³/mol.